The second-order valence-electron chi connectivity index (χ2n) is 14.6. The Kier molecular flexibility index (Phi) is 6.86. The van der Waals surface area contributed by atoms with E-state index in [-0.39, 0.29) is 39.6 Å². The smallest absolute Gasteiger partial charge is 0.231 e. The summed E-state index contributed by atoms with van der Waals surface area (Å²) in [7, 11) is 2.08. The highest BCUT2D eigenvalue weighted by atomic mass is 16.5. The summed E-state index contributed by atoms with van der Waals surface area (Å²) in [5.41, 5.74) is -0.208. The van der Waals surface area contributed by atoms with E-state index in [2.05, 4.69) is 70.3 Å². The Balaban J connectivity index is 1.49. The lowest BCUT2D eigenvalue weighted by Crippen LogP contribution is -2.71. The summed E-state index contributed by atoms with van der Waals surface area (Å²) in [6.07, 6.45) is 7.23. The van der Waals surface area contributed by atoms with Crippen molar-refractivity contribution in [3.63, 3.8) is 0 Å². The third-order valence-corrected chi connectivity index (χ3v) is 12.8. The summed E-state index contributed by atoms with van der Waals surface area (Å²) in [5, 5.41) is 3.06. The molecular weight excluding hydrogens is 472 g/mol. The second-order valence-corrected chi connectivity index (χ2v) is 14.6. The van der Waals surface area contributed by atoms with Crippen LogP contribution >= 0.6 is 0 Å². The Labute approximate surface area is 230 Å². The van der Waals surface area contributed by atoms with Gasteiger partial charge in [0.05, 0.1) is 5.92 Å². The molecule has 1 saturated heterocycles. The van der Waals surface area contributed by atoms with E-state index in [1.54, 1.807) is 0 Å². The van der Waals surface area contributed by atoms with Gasteiger partial charge in [-0.25, -0.2) is 0 Å². The number of rotatable bonds is 5. The quantitative estimate of drug-likeness (QED) is 0.366. The van der Waals surface area contributed by atoms with Crippen LogP contribution in [0.5, 0.6) is 0 Å². The van der Waals surface area contributed by atoms with Crippen molar-refractivity contribution >= 4 is 11.7 Å². The first-order valence-electron chi connectivity index (χ1n) is 15.1. The van der Waals surface area contributed by atoms with E-state index in [1.165, 1.54) is 0 Å². The van der Waals surface area contributed by atoms with Crippen LogP contribution < -0.4 is 5.32 Å². The van der Waals surface area contributed by atoms with Crippen molar-refractivity contribution in [1.29, 1.82) is 0 Å². The number of hydrogen-bond donors (Lipinski definition) is 1. The van der Waals surface area contributed by atoms with E-state index in [0.29, 0.717) is 35.3 Å². The van der Waals surface area contributed by atoms with Gasteiger partial charge in [0.15, 0.2) is 5.88 Å². The van der Waals surface area contributed by atoms with Gasteiger partial charge in [-0.1, -0.05) is 34.6 Å². The van der Waals surface area contributed by atoms with Gasteiger partial charge in [-0.15, -0.1) is 11.8 Å². The lowest BCUT2D eigenvalue weighted by Gasteiger charge is -2.72. The maximum atomic E-state index is 13.5. The minimum absolute atomic E-state index is 0.0160. The number of carbonyl (C=O) groups is 2. The molecule has 1 amide bonds. The number of nitrogens with zero attached hydrogens (tertiary/aromatic N) is 1. The van der Waals surface area contributed by atoms with Gasteiger partial charge in [-0.3, -0.25) is 14.9 Å². The minimum atomic E-state index is -0.184. The number of ether oxygens (including phenoxy) is 1. The summed E-state index contributed by atoms with van der Waals surface area (Å²) < 4.78 is 6.82. The van der Waals surface area contributed by atoms with Crippen LogP contribution in [0.25, 0.3) is 0 Å². The molecule has 5 fully saturated rings. The number of likely N-dealkylation sites (tertiary alicyclic amines) is 1. The first-order valence-corrected chi connectivity index (χ1v) is 15.1. The molecular formula is C33H50N2O3. The predicted octanol–water partition coefficient (Wildman–Crippen LogP) is 5.80. The van der Waals surface area contributed by atoms with Crippen molar-refractivity contribution in [3.8, 4) is 11.8 Å². The van der Waals surface area contributed by atoms with E-state index in [1.807, 2.05) is 6.92 Å². The fourth-order valence-electron chi connectivity index (χ4n) is 10.5. The molecule has 210 valence electrons. The van der Waals surface area contributed by atoms with Crippen LogP contribution in [-0.4, -0.2) is 42.8 Å². The van der Waals surface area contributed by atoms with Crippen molar-refractivity contribution in [2.45, 2.75) is 99.0 Å². The van der Waals surface area contributed by atoms with Crippen LogP contribution in [-0.2, 0) is 14.3 Å². The summed E-state index contributed by atoms with van der Waals surface area (Å²) in [5.74, 6) is 9.08. The zero-order chi connectivity index (χ0) is 27.7. The van der Waals surface area contributed by atoms with Gasteiger partial charge in [-0.2, -0.15) is 0 Å². The van der Waals surface area contributed by atoms with Gasteiger partial charge in [-0.05, 0) is 100 Å². The van der Waals surface area contributed by atoms with Crippen molar-refractivity contribution in [2.75, 3.05) is 20.1 Å². The van der Waals surface area contributed by atoms with Gasteiger partial charge in [0.1, 0.15) is 11.9 Å². The molecule has 0 radical (unpaired) electrons. The van der Waals surface area contributed by atoms with Crippen LogP contribution in [0.4, 0.5) is 0 Å². The number of hydrogen-bond acceptors (Lipinski definition) is 4. The average molecular weight is 523 g/mol. The van der Waals surface area contributed by atoms with Crippen LogP contribution in [0.2, 0.25) is 0 Å². The zero-order valence-corrected chi connectivity index (χ0v) is 24.9. The lowest BCUT2D eigenvalue weighted by molar-refractivity contribution is -0.250. The maximum absolute atomic E-state index is 13.5. The molecule has 0 aromatic rings. The molecule has 2 bridgehead atoms. The summed E-state index contributed by atoms with van der Waals surface area (Å²) in [6.45, 7) is 20.0. The molecule has 7 unspecified atom stereocenters. The second kappa shape index (κ2) is 9.39. The third-order valence-electron chi connectivity index (χ3n) is 12.8. The predicted molar refractivity (Wildman–Crippen MR) is 151 cm³/mol. The molecule has 5 nitrogen and oxygen atoms in total. The van der Waals surface area contributed by atoms with E-state index in [0.717, 1.165) is 64.5 Å². The topological polar surface area (TPSA) is 58.6 Å². The Morgan fingerprint density at radius 2 is 1.95 bits per heavy atom. The van der Waals surface area contributed by atoms with Crippen molar-refractivity contribution in [3.05, 3.63) is 12.5 Å². The molecule has 5 rings (SSSR count). The molecule has 0 aromatic carbocycles. The van der Waals surface area contributed by atoms with Gasteiger partial charge in [0.25, 0.3) is 0 Å². The SMILES string of the molecule is C=C(NC(=O)C1CCCN(C)C1)O[C@@H]1C[C@@](C)(CC#CC)C(C)[C@H](C)C23CCC(=O)C4(CC(C)C1(C)C42)C3. The van der Waals surface area contributed by atoms with Crippen LogP contribution in [0, 0.1) is 63.1 Å². The number of carbonyl (C=O) groups excluding carboxylic acids is 2. The number of ketones is 1. The normalized spacial score (nSPS) is 47.9. The molecule has 10 atom stereocenters. The number of amides is 1. The Hall–Kier alpha value is -1.80. The first kappa shape index (κ1) is 27.8. The third kappa shape index (κ3) is 3.83. The Morgan fingerprint density at radius 3 is 2.63 bits per heavy atom. The zero-order valence-electron chi connectivity index (χ0n) is 24.9. The average Bonchev–Trinajstić information content (AvgIpc) is 3.05. The van der Waals surface area contributed by atoms with Gasteiger partial charge >= 0.3 is 0 Å². The minimum Gasteiger partial charge on any atom is -0.475 e. The molecule has 4 aliphatic carbocycles. The molecule has 5 aliphatic rings. The van der Waals surface area contributed by atoms with E-state index >= 15 is 0 Å². The van der Waals surface area contributed by atoms with Crippen LogP contribution in [0.1, 0.15) is 92.9 Å². The Morgan fingerprint density at radius 1 is 1.21 bits per heavy atom. The highest BCUT2D eigenvalue weighted by Crippen LogP contribution is 2.83. The number of Topliss-reactive ketones (excluding diaryl/α,β-unsaturated/α-hetero) is 1. The highest BCUT2D eigenvalue weighted by Gasteiger charge is 2.81. The van der Waals surface area contributed by atoms with E-state index in [9.17, 15) is 9.59 Å². The van der Waals surface area contributed by atoms with Crippen LogP contribution in [0.15, 0.2) is 12.5 Å². The molecule has 0 spiro atoms. The van der Waals surface area contributed by atoms with Crippen molar-refractivity contribution < 1.29 is 14.3 Å². The number of nitrogens with one attached hydrogen (secondary N) is 1. The number of piperidine rings is 1. The van der Waals surface area contributed by atoms with E-state index < -0.39 is 0 Å². The van der Waals surface area contributed by atoms with E-state index in [4.69, 9.17) is 4.74 Å². The lowest BCUT2D eigenvalue weighted by atomic mass is 9.31. The van der Waals surface area contributed by atoms with Crippen molar-refractivity contribution in [2.24, 2.45) is 51.2 Å². The van der Waals surface area contributed by atoms with Gasteiger partial charge in [0, 0.05) is 30.2 Å². The monoisotopic (exact) mass is 522 g/mol. The molecule has 1 aliphatic heterocycles. The molecule has 0 aromatic heterocycles. The fourth-order valence-corrected chi connectivity index (χ4v) is 10.5. The summed E-state index contributed by atoms with van der Waals surface area (Å²) in [6, 6.07) is 0. The van der Waals surface area contributed by atoms with Crippen LogP contribution in [0.3, 0.4) is 0 Å². The Bertz CT molecular complexity index is 1070. The van der Waals surface area contributed by atoms with Gasteiger partial charge < -0.3 is 9.64 Å². The summed E-state index contributed by atoms with van der Waals surface area (Å²) in [4.78, 5) is 28.9. The molecule has 1 N–H and O–H groups in total. The molecule has 1 heterocycles. The highest BCUT2D eigenvalue weighted by molar-refractivity contribution is 5.89. The largest absolute Gasteiger partial charge is 0.475 e. The standard InChI is InChI=1S/C33H50N2O3/c1-9-10-14-30(6)18-27(38-24(5)34-28(37)25-12-11-16-35(8)19-25)31(7)21(2)17-33-20-32(29(31)33,15-13-26(33)36)23(4)22(30)3/h21-23,25,27,29H,5,11-20H2,1-4,6-8H3,(H,34,37)/t21?,22?,23-,25?,27+,29?,30+,31?,32?,33?/m0/s1. The van der Waals surface area contributed by atoms with Gasteiger partial charge in [0.2, 0.25) is 5.91 Å². The first-order chi connectivity index (χ1) is 17.8. The maximum Gasteiger partial charge on any atom is 0.231 e. The summed E-state index contributed by atoms with van der Waals surface area (Å²) >= 11 is 0. The molecule has 38 heavy (non-hydrogen) atoms. The van der Waals surface area contributed by atoms with Crippen molar-refractivity contribution in [1.82, 2.24) is 10.2 Å². The fraction of sp³-hybridized carbons (Fsp3) is 0.818. The molecule has 4 saturated carbocycles. The molecule has 5 heteroatoms.